The molecule has 19 heavy (non-hydrogen) atoms. The van der Waals surface area contributed by atoms with Crippen molar-refractivity contribution in [3.63, 3.8) is 0 Å². The molecule has 0 aliphatic rings. The minimum absolute atomic E-state index is 0.0143. The van der Waals surface area contributed by atoms with Crippen molar-refractivity contribution < 1.29 is 5.11 Å². The maximum absolute atomic E-state index is 9.25. The molecule has 0 atom stereocenters. The Balaban J connectivity index is 2.37. The minimum atomic E-state index is -0.0143. The van der Waals surface area contributed by atoms with Crippen LogP contribution < -0.4 is 0 Å². The summed E-state index contributed by atoms with van der Waals surface area (Å²) in [6, 6.07) is 10.4. The predicted octanol–water partition coefficient (Wildman–Crippen LogP) is 3.34. The third-order valence-corrected chi connectivity index (χ3v) is 3.43. The fraction of sp³-hybridized carbons (Fsp3) is 0.312. The number of fused-ring (bicyclic) bond motifs is 3. The van der Waals surface area contributed by atoms with Gasteiger partial charge in [-0.2, -0.15) is 0 Å². The molecular weight excluding hydrogens is 236 g/mol. The van der Waals surface area contributed by atoms with Gasteiger partial charge in [0.1, 0.15) is 0 Å². The van der Waals surface area contributed by atoms with Crippen LogP contribution in [0.1, 0.15) is 19.5 Å². The molecule has 3 nitrogen and oxygen atoms in total. The SMILES string of the molecule is CC(C)Cn1c2ccccc2c2cc(CO)ncc21. The lowest BCUT2D eigenvalue weighted by molar-refractivity contribution is 0.277. The van der Waals surface area contributed by atoms with E-state index in [0.29, 0.717) is 5.92 Å². The summed E-state index contributed by atoms with van der Waals surface area (Å²) in [6.45, 7) is 5.40. The van der Waals surface area contributed by atoms with E-state index >= 15 is 0 Å². The second-order valence-corrected chi connectivity index (χ2v) is 5.37. The summed E-state index contributed by atoms with van der Waals surface area (Å²) < 4.78 is 2.32. The molecule has 0 bridgehead atoms. The molecule has 3 heteroatoms. The van der Waals surface area contributed by atoms with Crippen LogP contribution in [0.3, 0.4) is 0 Å². The predicted molar refractivity (Wildman–Crippen MR) is 78.0 cm³/mol. The Bertz CT molecular complexity index is 728. The molecule has 1 aromatic carbocycles. The van der Waals surface area contributed by atoms with E-state index in [1.807, 2.05) is 12.3 Å². The summed E-state index contributed by atoms with van der Waals surface area (Å²) in [5, 5.41) is 11.7. The Morgan fingerprint density at radius 2 is 1.95 bits per heavy atom. The molecule has 98 valence electrons. The highest BCUT2D eigenvalue weighted by atomic mass is 16.3. The van der Waals surface area contributed by atoms with Crippen LogP contribution in [0, 0.1) is 5.92 Å². The van der Waals surface area contributed by atoms with E-state index in [1.165, 1.54) is 16.3 Å². The smallest absolute Gasteiger partial charge is 0.0853 e. The van der Waals surface area contributed by atoms with Gasteiger partial charge in [0.25, 0.3) is 0 Å². The molecule has 2 aromatic heterocycles. The Morgan fingerprint density at radius 3 is 2.68 bits per heavy atom. The third kappa shape index (κ3) is 2.00. The lowest BCUT2D eigenvalue weighted by atomic mass is 10.2. The minimum Gasteiger partial charge on any atom is -0.390 e. The number of pyridine rings is 1. The van der Waals surface area contributed by atoms with Crippen LogP contribution in [0.15, 0.2) is 36.5 Å². The molecule has 2 heterocycles. The van der Waals surface area contributed by atoms with E-state index in [0.717, 1.165) is 17.8 Å². The van der Waals surface area contributed by atoms with Gasteiger partial charge in [-0.3, -0.25) is 4.98 Å². The Labute approximate surface area is 112 Å². The highest BCUT2D eigenvalue weighted by Crippen LogP contribution is 2.29. The van der Waals surface area contributed by atoms with Crippen molar-refractivity contribution in [2.24, 2.45) is 5.92 Å². The number of para-hydroxylation sites is 1. The summed E-state index contributed by atoms with van der Waals surface area (Å²) in [5.74, 6) is 0.580. The summed E-state index contributed by atoms with van der Waals surface area (Å²) in [4.78, 5) is 4.32. The van der Waals surface area contributed by atoms with E-state index < -0.39 is 0 Å². The van der Waals surface area contributed by atoms with Gasteiger partial charge >= 0.3 is 0 Å². The number of hydrogen-bond acceptors (Lipinski definition) is 2. The van der Waals surface area contributed by atoms with E-state index in [2.05, 4.69) is 47.7 Å². The zero-order valence-electron chi connectivity index (χ0n) is 11.3. The van der Waals surface area contributed by atoms with E-state index in [4.69, 9.17) is 0 Å². The molecule has 0 unspecified atom stereocenters. The molecule has 0 aliphatic heterocycles. The lowest BCUT2D eigenvalue weighted by Crippen LogP contribution is -2.04. The largest absolute Gasteiger partial charge is 0.390 e. The quantitative estimate of drug-likeness (QED) is 0.778. The van der Waals surface area contributed by atoms with Crippen molar-refractivity contribution in [2.45, 2.75) is 27.0 Å². The molecule has 3 rings (SSSR count). The first-order chi connectivity index (χ1) is 9.20. The average molecular weight is 254 g/mol. The monoisotopic (exact) mass is 254 g/mol. The van der Waals surface area contributed by atoms with E-state index in [-0.39, 0.29) is 6.61 Å². The van der Waals surface area contributed by atoms with Gasteiger partial charge in [-0.1, -0.05) is 32.0 Å². The first-order valence-electron chi connectivity index (χ1n) is 6.67. The molecule has 0 spiro atoms. The van der Waals surface area contributed by atoms with Crippen molar-refractivity contribution in [3.8, 4) is 0 Å². The van der Waals surface area contributed by atoms with Gasteiger partial charge < -0.3 is 9.67 Å². The van der Waals surface area contributed by atoms with Crippen LogP contribution in [0.4, 0.5) is 0 Å². The van der Waals surface area contributed by atoms with Gasteiger partial charge in [-0.15, -0.1) is 0 Å². The van der Waals surface area contributed by atoms with Gasteiger partial charge in [0.15, 0.2) is 0 Å². The van der Waals surface area contributed by atoms with Gasteiger partial charge in [-0.05, 0) is 18.1 Å². The molecule has 3 aromatic rings. The fourth-order valence-corrected chi connectivity index (χ4v) is 2.64. The number of nitrogens with zero attached hydrogens (tertiary/aromatic N) is 2. The summed E-state index contributed by atoms with van der Waals surface area (Å²) in [7, 11) is 0. The molecule has 0 radical (unpaired) electrons. The maximum Gasteiger partial charge on any atom is 0.0853 e. The summed E-state index contributed by atoms with van der Waals surface area (Å²) >= 11 is 0. The number of aromatic nitrogens is 2. The van der Waals surface area contributed by atoms with E-state index in [1.54, 1.807) is 0 Å². The third-order valence-electron chi connectivity index (χ3n) is 3.43. The number of rotatable bonds is 3. The molecule has 0 fully saturated rings. The van der Waals surface area contributed by atoms with Crippen molar-refractivity contribution in [2.75, 3.05) is 0 Å². The second kappa shape index (κ2) is 4.67. The first-order valence-corrected chi connectivity index (χ1v) is 6.67. The van der Waals surface area contributed by atoms with E-state index in [9.17, 15) is 5.11 Å². The Kier molecular flexibility index (Phi) is 2.99. The zero-order valence-corrected chi connectivity index (χ0v) is 11.3. The van der Waals surface area contributed by atoms with Crippen molar-refractivity contribution >= 4 is 21.8 Å². The van der Waals surface area contributed by atoms with Crippen LogP contribution in [0.5, 0.6) is 0 Å². The molecule has 0 aliphatic carbocycles. The highest BCUT2D eigenvalue weighted by molar-refractivity contribution is 6.07. The normalized spacial score (nSPS) is 11.8. The number of aliphatic hydroxyl groups excluding tert-OH is 1. The standard InChI is InChI=1S/C16H18N2O/c1-11(2)9-18-15-6-4-3-5-13(15)14-7-12(10-19)17-8-16(14)18/h3-8,11,19H,9-10H2,1-2H3. The molecule has 0 saturated carbocycles. The van der Waals surface area contributed by atoms with Gasteiger partial charge in [0, 0.05) is 22.8 Å². The zero-order chi connectivity index (χ0) is 13.4. The Hall–Kier alpha value is -1.87. The molecular formula is C16H18N2O. The van der Waals surface area contributed by atoms with Crippen LogP contribution in [0.25, 0.3) is 21.8 Å². The summed E-state index contributed by atoms with van der Waals surface area (Å²) in [5.41, 5.74) is 3.11. The molecule has 0 amide bonds. The average Bonchev–Trinajstić information content (AvgIpc) is 2.73. The number of benzene rings is 1. The maximum atomic E-state index is 9.25. The van der Waals surface area contributed by atoms with Crippen molar-refractivity contribution in [1.82, 2.24) is 9.55 Å². The van der Waals surface area contributed by atoms with Gasteiger partial charge in [-0.25, -0.2) is 0 Å². The topological polar surface area (TPSA) is 38.0 Å². The number of aliphatic hydroxyl groups is 1. The Morgan fingerprint density at radius 1 is 1.16 bits per heavy atom. The second-order valence-electron chi connectivity index (χ2n) is 5.37. The van der Waals surface area contributed by atoms with Crippen molar-refractivity contribution in [1.29, 1.82) is 0 Å². The molecule has 0 saturated heterocycles. The fourth-order valence-electron chi connectivity index (χ4n) is 2.64. The first kappa shape index (κ1) is 12.2. The van der Waals surface area contributed by atoms with Crippen LogP contribution in [0.2, 0.25) is 0 Å². The highest BCUT2D eigenvalue weighted by Gasteiger charge is 2.12. The van der Waals surface area contributed by atoms with Gasteiger partial charge in [0.2, 0.25) is 0 Å². The van der Waals surface area contributed by atoms with Crippen LogP contribution in [-0.2, 0) is 13.2 Å². The summed E-state index contributed by atoms with van der Waals surface area (Å²) in [6.07, 6.45) is 1.88. The van der Waals surface area contributed by atoms with Crippen molar-refractivity contribution in [3.05, 3.63) is 42.2 Å². The van der Waals surface area contributed by atoms with Gasteiger partial charge in [0.05, 0.1) is 24.0 Å². The van der Waals surface area contributed by atoms with Crippen LogP contribution in [-0.4, -0.2) is 14.7 Å². The lowest BCUT2D eigenvalue weighted by Gasteiger charge is -2.09. The number of hydrogen-bond donors (Lipinski definition) is 1. The van der Waals surface area contributed by atoms with Crippen LogP contribution >= 0.6 is 0 Å². The molecule has 1 N–H and O–H groups in total.